The molecule has 1 aromatic heterocycles. The predicted molar refractivity (Wildman–Crippen MR) is 81.0 cm³/mol. The van der Waals surface area contributed by atoms with Crippen LogP contribution in [0.2, 0.25) is 0 Å². The van der Waals surface area contributed by atoms with Gasteiger partial charge in [0.25, 0.3) is 0 Å². The standard InChI is InChI=1S/C14H18FN3OS/c1-3-19-12-13(16)18-20-14(12)17-7-6-10-4-5-11(15)8-9(10)2/h4-5,8,17H,3,6-7H2,1-2H3,(H2,16,18). The molecule has 0 saturated heterocycles. The van der Waals surface area contributed by atoms with Crippen molar-refractivity contribution in [3.05, 3.63) is 35.1 Å². The average Bonchev–Trinajstić information content (AvgIpc) is 2.75. The van der Waals surface area contributed by atoms with Crippen molar-refractivity contribution in [2.75, 3.05) is 24.2 Å². The molecule has 0 aliphatic carbocycles. The van der Waals surface area contributed by atoms with Gasteiger partial charge in [-0.25, -0.2) is 4.39 Å². The summed E-state index contributed by atoms with van der Waals surface area (Å²) in [7, 11) is 0. The van der Waals surface area contributed by atoms with E-state index >= 15 is 0 Å². The SMILES string of the molecule is CCOc1c(N)nsc1NCCc1ccc(F)cc1C. The van der Waals surface area contributed by atoms with Gasteiger partial charge in [0.05, 0.1) is 6.61 Å². The third-order valence-electron chi connectivity index (χ3n) is 2.95. The monoisotopic (exact) mass is 295 g/mol. The molecule has 0 spiro atoms. The Morgan fingerprint density at radius 2 is 2.25 bits per heavy atom. The van der Waals surface area contributed by atoms with Crippen LogP contribution in [0, 0.1) is 12.7 Å². The zero-order valence-electron chi connectivity index (χ0n) is 11.6. The van der Waals surface area contributed by atoms with Gasteiger partial charge in [-0.1, -0.05) is 6.07 Å². The Bertz CT molecular complexity index is 586. The van der Waals surface area contributed by atoms with Crippen molar-refractivity contribution in [3.8, 4) is 5.75 Å². The second kappa shape index (κ2) is 6.56. The van der Waals surface area contributed by atoms with E-state index in [2.05, 4.69) is 9.69 Å². The lowest BCUT2D eigenvalue weighted by Gasteiger charge is -2.09. The summed E-state index contributed by atoms with van der Waals surface area (Å²) in [6, 6.07) is 4.85. The van der Waals surface area contributed by atoms with E-state index in [9.17, 15) is 4.39 Å². The summed E-state index contributed by atoms with van der Waals surface area (Å²) in [6.07, 6.45) is 0.801. The summed E-state index contributed by atoms with van der Waals surface area (Å²) in [5, 5.41) is 4.10. The van der Waals surface area contributed by atoms with Gasteiger partial charge in [-0.15, -0.1) is 0 Å². The molecule has 0 amide bonds. The number of ether oxygens (including phenoxy) is 1. The number of benzene rings is 1. The number of halogens is 1. The van der Waals surface area contributed by atoms with Gasteiger partial charge in [0.1, 0.15) is 5.82 Å². The maximum Gasteiger partial charge on any atom is 0.197 e. The molecule has 4 nitrogen and oxygen atoms in total. The van der Waals surface area contributed by atoms with Gasteiger partial charge in [-0.2, -0.15) is 4.37 Å². The molecule has 0 radical (unpaired) electrons. The summed E-state index contributed by atoms with van der Waals surface area (Å²) in [5.74, 6) is 0.832. The number of nitrogens with one attached hydrogen (secondary N) is 1. The van der Waals surface area contributed by atoms with Crippen LogP contribution in [0.4, 0.5) is 15.2 Å². The van der Waals surface area contributed by atoms with Gasteiger partial charge in [-0.3, -0.25) is 0 Å². The Morgan fingerprint density at radius 1 is 1.45 bits per heavy atom. The van der Waals surface area contributed by atoms with Crippen LogP contribution >= 0.6 is 11.5 Å². The zero-order chi connectivity index (χ0) is 14.5. The number of nitrogen functional groups attached to an aromatic ring is 1. The lowest BCUT2D eigenvalue weighted by atomic mass is 10.1. The molecule has 0 aliphatic rings. The van der Waals surface area contributed by atoms with Gasteiger partial charge in [0, 0.05) is 6.54 Å². The Kier molecular flexibility index (Phi) is 4.79. The van der Waals surface area contributed by atoms with Crippen LogP contribution in [0.5, 0.6) is 5.75 Å². The first-order valence-electron chi connectivity index (χ1n) is 6.48. The Hall–Kier alpha value is -1.82. The third-order valence-corrected chi connectivity index (χ3v) is 3.75. The van der Waals surface area contributed by atoms with E-state index in [1.807, 2.05) is 19.9 Å². The highest BCUT2D eigenvalue weighted by atomic mass is 32.1. The van der Waals surface area contributed by atoms with Crippen LogP contribution in [0.3, 0.4) is 0 Å². The predicted octanol–water partition coefficient (Wildman–Crippen LogP) is 3.23. The normalized spacial score (nSPS) is 10.6. The molecular weight excluding hydrogens is 277 g/mol. The van der Waals surface area contributed by atoms with E-state index in [0.717, 1.165) is 22.5 Å². The van der Waals surface area contributed by atoms with E-state index in [1.165, 1.54) is 17.6 Å². The Labute approximate surface area is 121 Å². The number of nitrogens with two attached hydrogens (primary N) is 1. The van der Waals surface area contributed by atoms with Crippen molar-refractivity contribution in [2.45, 2.75) is 20.3 Å². The third kappa shape index (κ3) is 3.39. The molecule has 3 N–H and O–H groups in total. The molecule has 108 valence electrons. The summed E-state index contributed by atoms with van der Waals surface area (Å²) < 4.78 is 22.6. The van der Waals surface area contributed by atoms with E-state index < -0.39 is 0 Å². The molecule has 0 fully saturated rings. The topological polar surface area (TPSA) is 60.2 Å². The van der Waals surface area contributed by atoms with Crippen LogP contribution < -0.4 is 15.8 Å². The van der Waals surface area contributed by atoms with Crippen LogP contribution in [0.1, 0.15) is 18.1 Å². The highest BCUT2D eigenvalue weighted by Gasteiger charge is 2.12. The minimum absolute atomic E-state index is 0.201. The zero-order valence-corrected chi connectivity index (χ0v) is 12.4. The van der Waals surface area contributed by atoms with Gasteiger partial charge < -0.3 is 15.8 Å². The second-order valence-corrected chi connectivity index (χ2v) is 5.18. The van der Waals surface area contributed by atoms with Crippen molar-refractivity contribution < 1.29 is 9.13 Å². The molecule has 0 atom stereocenters. The van der Waals surface area contributed by atoms with E-state index in [1.54, 1.807) is 6.07 Å². The van der Waals surface area contributed by atoms with Crippen LogP contribution in [-0.4, -0.2) is 17.5 Å². The number of aromatic nitrogens is 1. The second-order valence-electron chi connectivity index (χ2n) is 4.41. The molecular formula is C14H18FN3OS. The van der Waals surface area contributed by atoms with Crippen LogP contribution in [0.15, 0.2) is 18.2 Å². The fourth-order valence-electron chi connectivity index (χ4n) is 1.94. The Balaban J connectivity index is 1.96. The van der Waals surface area contributed by atoms with Crippen molar-refractivity contribution in [1.82, 2.24) is 4.37 Å². The van der Waals surface area contributed by atoms with Crippen molar-refractivity contribution >= 4 is 22.4 Å². The molecule has 20 heavy (non-hydrogen) atoms. The van der Waals surface area contributed by atoms with Crippen molar-refractivity contribution in [1.29, 1.82) is 0 Å². The van der Waals surface area contributed by atoms with Crippen molar-refractivity contribution in [3.63, 3.8) is 0 Å². The molecule has 0 aliphatic heterocycles. The molecule has 2 aromatic rings. The number of hydrogen-bond acceptors (Lipinski definition) is 5. The maximum absolute atomic E-state index is 13.0. The van der Waals surface area contributed by atoms with Crippen molar-refractivity contribution in [2.24, 2.45) is 0 Å². The number of nitrogens with zero attached hydrogens (tertiary/aromatic N) is 1. The van der Waals surface area contributed by atoms with Gasteiger partial charge in [0.15, 0.2) is 16.6 Å². The van der Waals surface area contributed by atoms with Gasteiger partial charge in [-0.05, 0) is 55.1 Å². The first kappa shape index (κ1) is 14.6. The summed E-state index contributed by atoms with van der Waals surface area (Å²) >= 11 is 1.29. The number of hydrogen-bond donors (Lipinski definition) is 2. The first-order chi connectivity index (χ1) is 9.61. The van der Waals surface area contributed by atoms with Crippen LogP contribution in [-0.2, 0) is 6.42 Å². The largest absolute Gasteiger partial charge is 0.487 e. The van der Waals surface area contributed by atoms with E-state index in [0.29, 0.717) is 24.7 Å². The summed E-state index contributed by atoms with van der Waals surface area (Å²) in [5.41, 5.74) is 7.82. The Morgan fingerprint density at radius 3 is 2.95 bits per heavy atom. The molecule has 1 aromatic carbocycles. The molecule has 0 unspecified atom stereocenters. The van der Waals surface area contributed by atoms with Gasteiger partial charge in [0.2, 0.25) is 0 Å². The first-order valence-corrected chi connectivity index (χ1v) is 7.26. The highest BCUT2D eigenvalue weighted by molar-refractivity contribution is 7.11. The average molecular weight is 295 g/mol. The quantitative estimate of drug-likeness (QED) is 0.859. The minimum Gasteiger partial charge on any atom is -0.487 e. The lowest BCUT2D eigenvalue weighted by molar-refractivity contribution is 0.344. The van der Waals surface area contributed by atoms with E-state index in [-0.39, 0.29) is 5.82 Å². The maximum atomic E-state index is 13.0. The van der Waals surface area contributed by atoms with Crippen LogP contribution in [0.25, 0.3) is 0 Å². The minimum atomic E-state index is -0.201. The molecule has 0 bridgehead atoms. The smallest absolute Gasteiger partial charge is 0.197 e. The summed E-state index contributed by atoms with van der Waals surface area (Å²) in [6.45, 7) is 5.08. The molecule has 6 heteroatoms. The molecule has 2 rings (SSSR count). The lowest BCUT2D eigenvalue weighted by Crippen LogP contribution is -2.06. The van der Waals surface area contributed by atoms with E-state index in [4.69, 9.17) is 10.5 Å². The molecule has 0 saturated carbocycles. The van der Waals surface area contributed by atoms with Gasteiger partial charge >= 0.3 is 0 Å². The fraction of sp³-hybridized carbons (Fsp3) is 0.357. The number of anilines is 2. The highest BCUT2D eigenvalue weighted by Crippen LogP contribution is 2.34. The number of aryl methyl sites for hydroxylation is 1. The molecule has 1 heterocycles. The number of rotatable bonds is 6. The summed E-state index contributed by atoms with van der Waals surface area (Å²) in [4.78, 5) is 0. The fourth-order valence-corrected chi connectivity index (χ4v) is 2.63.